The van der Waals surface area contributed by atoms with Gasteiger partial charge in [0.05, 0.1) is 5.58 Å². The average molecular weight is 961 g/mol. The van der Waals surface area contributed by atoms with E-state index in [1.165, 1.54) is 16.7 Å². The van der Waals surface area contributed by atoms with Crippen molar-refractivity contribution >= 4 is 39.7 Å². The van der Waals surface area contributed by atoms with Gasteiger partial charge in [-0.2, -0.15) is 0 Å². The fourth-order valence-electron chi connectivity index (χ4n) is 7.10. The molecule has 1 radical (unpaired) electrons. The Kier molecular flexibility index (Phi) is 14.4. The van der Waals surface area contributed by atoms with E-state index < -0.39 is 13.3 Å². The first-order chi connectivity index (χ1) is 24.9. The van der Waals surface area contributed by atoms with Crippen LogP contribution < -0.4 is 4.40 Å². The van der Waals surface area contributed by atoms with E-state index in [9.17, 15) is 0 Å². The van der Waals surface area contributed by atoms with Crippen LogP contribution in [0.4, 0.5) is 0 Å². The number of rotatable bonds is 9. The van der Waals surface area contributed by atoms with Crippen LogP contribution in [0.2, 0.25) is 17.3 Å². The zero-order valence-electron chi connectivity index (χ0n) is 35.0. The summed E-state index contributed by atoms with van der Waals surface area (Å²) in [5.74, 6) is 8.56. The fraction of sp³-hybridized carbons (Fsp3) is 0.438. The Balaban J connectivity index is 0.000000241. The monoisotopic (exact) mass is 962 g/mol. The van der Waals surface area contributed by atoms with Gasteiger partial charge in [-0.05, 0) is 54.5 Å². The molecule has 0 amide bonds. The first kappa shape index (κ1) is 43.6. The van der Waals surface area contributed by atoms with Crippen LogP contribution in [0.25, 0.3) is 44.6 Å². The van der Waals surface area contributed by atoms with Crippen LogP contribution in [0.1, 0.15) is 110 Å². The largest absolute Gasteiger partial charge is 0.486 e. The van der Waals surface area contributed by atoms with Crippen LogP contribution in [-0.4, -0.2) is 28.2 Å². The predicted molar refractivity (Wildman–Crippen MR) is 229 cm³/mol. The minimum absolute atomic E-state index is 0. The Morgan fingerprint density at radius 3 is 2.13 bits per heavy atom. The average Bonchev–Trinajstić information content (AvgIpc) is 3.45. The minimum atomic E-state index is -1.91. The molecule has 0 fully saturated rings. The number of furan rings is 1. The molecule has 4 heterocycles. The van der Waals surface area contributed by atoms with Crippen LogP contribution in [0.3, 0.4) is 0 Å². The molecule has 6 aromatic rings. The molecular weight excluding hydrogens is 899 g/mol. The third-order valence-corrected chi connectivity index (χ3v) is 14.3. The molecule has 0 saturated carbocycles. The quantitative estimate of drug-likeness (QED) is 0.107. The Labute approximate surface area is 342 Å². The third-order valence-electron chi connectivity index (χ3n) is 9.93. The van der Waals surface area contributed by atoms with Gasteiger partial charge in [-0.3, -0.25) is 0 Å². The number of benzene rings is 2. The summed E-state index contributed by atoms with van der Waals surface area (Å²) in [4.78, 5) is 14.3. The van der Waals surface area contributed by atoms with Gasteiger partial charge in [-0.25, -0.2) is 4.98 Å². The number of hydrogen-bond acceptors (Lipinski definition) is 4. The Morgan fingerprint density at radius 1 is 0.796 bits per heavy atom. The summed E-state index contributed by atoms with van der Waals surface area (Å²) in [6.07, 6.45) is 8.35. The SMILES string of the molecule is CC(C)Cc1cc(-c2[c-]ccc(C(C)(C)C)c2)nc[c]1[Ge]([CH3])([CH3])[CH3].CCC(CC)c1ccnc(-c2[c-]ccc3c2oc2nc(CC(C)(C)C)ccc23)c1.[Ir]. The van der Waals surface area contributed by atoms with Gasteiger partial charge in [0, 0.05) is 37.4 Å². The van der Waals surface area contributed by atoms with Gasteiger partial charge in [0.1, 0.15) is 0 Å². The number of fused-ring (bicyclic) bond motifs is 3. The van der Waals surface area contributed by atoms with Crippen molar-refractivity contribution in [1.29, 1.82) is 0 Å². The number of nitrogens with zero attached hydrogens (tertiary/aromatic N) is 3. The molecule has 0 aliphatic heterocycles. The maximum atomic E-state index is 6.26. The molecule has 2 aromatic carbocycles. The second-order valence-electron chi connectivity index (χ2n) is 18.4. The molecule has 54 heavy (non-hydrogen) atoms. The van der Waals surface area contributed by atoms with Crippen LogP contribution in [0.15, 0.2) is 77.5 Å². The summed E-state index contributed by atoms with van der Waals surface area (Å²) < 4.78 is 7.80. The van der Waals surface area contributed by atoms with Crippen molar-refractivity contribution in [2.75, 3.05) is 0 Å². The smallest absolute Gasteiger partial charge is 0.216 e. The Morgan fingerprint density at radius 2 is 1.50 bits per heavy atom. The zero-order chi connectivity index (χ0) is 38.7. The molecule has 289 valence electrons. The van der Waals surface area contributed by atoms with Crippen molar-refractivity contribution in [3.63, 3.8) is 0 Å². The number of aromatic nitrogens is 3. The maximum Gasteiger partial charge on any atom is 0.216 e. The van der Waals surface area contributed by atoms with E-state index in [0.717, 1.165) is 70.2 Å². The molecule has 0 atom stereocenters. The van der Waals surface area contributed by atoms with E-state index >= 15 is 0 Å². The maximum absolute atomic E-state index is 6.26. The van der Waals surface area contributed by atoms with E-state index in [-0.39, 0.29) is 30.9 Å². The van der Waals surface area contributed by atoms with Crippen molar-refractivity contribution in [3.05, 3.63) is 108 Å². The van der Waals surface area contributed by atoms with E-state index in [2.05, 4.69) is 158 Å². The number of pyridine rings is 3. The van der Waals surface area contributed by atoms with Crippen LogP contribution in [0.5, 0.6) is 0 Å². The van der Waals surface area contributed by atoms with E-state index in [4.69, 9.17) is 14.4 Å². The van der Waals surface area contributed by atoms with Crippen LogP contribution in [-0.2, 0) is 38.4 Å². The molecule has 0 aliphatic carbocycles. The Bertz CT molecular complexity index is 2160. The predicted octanol–water partition coefficient (Wildman–Crippen LogP) is 12.9. The van der Waals surface area contributed by atoms with E-state index in [1.54, 1.807) is 4.40 Å². The molecule has 4 aromatic heterocycles. The normalized spacial score (nSPS) is 12.3. The Hall–Kier alpha value is -3.12. The van der Waals surface area contributed by atoms with Crippen molar-refractivity contribution in [1.82, 2.24) is 15.0 Å². The van der Waals surface area contributed by atoms with E-state index in [0.29, 0.717) is 17.5 Å². The summed E-state index contributed by atoms with van der Waals surface area (Å²) in [6.45, 7) is 22.5. The van der Waals surface area contributed by atoms with Crippen molar-refractivity contribution < 1.29 is 24.5 Å². The first-order valence-corrected chi connectivity index (χ1v) is 26.9. The number of hydrogen-bond donors (Lipinski definition) is 0. The van der Waals surface area contributed by atoms with Crippen molar-refractivity contribution in [2.24, 2.45) is 11.3 Å². The second kappa shape index (κ2) is 17.8. The van der Waals surface area contributed by atoms with Gasteiger partial charge < -0.3 is 9.40 Å². The summed E-state index contributed by atoms with van der Waals surface area (Å²) >= 11 is -1.91. The summed E-state index contributed by atoms with van der Waals surface area (Å²) in [5, 5.41) is 2.11. The molecular formula is C48H61GeIrN3O-2. The molecule has 0 unspecified atom stereocenters. The summed E-state index contributed by atoms with van der Waals surface area (Å²) in [5.41, 5.74) is 11.0. The second-order valence-corrected chi connectivity index (χ2v) is 29.0. The van der Waals surface area contributed by atoms with Gasteiger partial charge in [-0.15, -0.1) is 18.2 Å². The molecule has 6 heteroatoms. The van der Waals surface area contributed by atoms with Gasteiger partial charge in [0.2, 0.25) is 5.71 Å². The van der Waals surface area contributed by atoms with Gasteiger partial charge in [0.25, 0.3) is 0 Å². The van der Waals surface area contributed by atoms with Crippen LogP contribution in [0, 0.1) is 23.5 Å². The molecule has 6 rings (SSSR count). The van der Waals surface area contributed by atoms with E-state index in [1.807, 2.05) is 18.3 Å². The summed E-state index contributed by atoms with van der Waals surface area (Å²) in [6, 6.07) is 28.1. The minimum Gasteiger partial charge on any atom is -0.486 e. The standard InChI is InChI=1S/C26H29N2O.C22H32GeN.Ir/c1-6-17(7-2)18-13-14-27-23(15-18)22-10-8-9-20-21-12-11-19(16-26(3,4)5)28-25(21)29-24(20)22;1-16(2)12-18-14-21(24-15-20(18)23(6,7)8)17-10-9-11-19(13-17)22(3,4)5;/h8-9,11-15,17H,6-7,16H2,1-5H3;9,11,13-16H,12H2,1-8H3;/q2*-1;. The van der Waals surface area contributed by atoms with Crippen LogP contribution >= 0.6 is 0 Å². The topological polar surface area (TPSA) is 51.8 Å². The van der Waals surface area contributed by atoms with Gasteiger partial charge >= 0.3 is 151 Å². The molecule has 0 spiro atoms. The molecule has 0 saturated heterocycles. The fourth-order valence-corrected chi connectivity index (χ4v) is 10.4. The van der Waals surface area contributed by atoms with Gasteiger partial charge in [0.15, 0.2) is 0 Å². The molecule has 0 N–H and O–H groups in total. The molecule has 0 bridgehead atoms. The third kappa shape index (κ3) is 10.8. The molecule has 0 aliphatic rings. The van der Waals surface area contributed by atoms with Crippen molar-refractivity contribution in [2.45, 2.75) is 124 Å². The first-order valence-electron chi connectivity index (χ1n) is 19.6. The molecule has 4 nitrogen and oxygen atoms in total. The van der Waals surface area contributed by atoms with Gasteiger partial charge in [-0.1, -0.05) is 57.2 Å². The summed E-state index contributed by atoms with van der Waals surface area (Å²) in [7, 11) is 0. The zero-order valence-corrected chi connectivity index (χ0v) is 39.5. The van der Waals surface area contributed by atoms with Crippen molar-refractivity contribution in [3.8, 4) is 22.5 Å².